The Bertz CT molecular complexity index is 376. The van der Waals surface area contributed by atoms with E-state index in [1.54, 1.807) is 7.11 Å². The molecule has 0 aliphatic rings. The van der Waals surface area contributed by atoms with Crippen molar-refractivity contribution >= 4 is 5.91 Å². The standard InChI is InChI=1S/C14H22N2O2/c1-3-13(8-15)14(17)16-9-11-5-4-6-12(7-11)10-18-2/h4-7,13H,3,8-10,15H2,1-2H3,(H,16,17). The molecule has 0 aromatic heterocycles. The summed E-state index contributed by atoms with van der Waals surface area (Å²) in [5, 5.41) is 2.91. The van der Waals surface area contributed by atoms with Gasteiger partial charge in [-0.05, 0) is 17.5 Å². The number of rotatable bonds is 7. The van der Waals surface area contributed by atoms with Gasteiger partial charge in [0.15, 0.2) is 0 Å². The Labute approximate surface area is 109 Å². The van der Waals surface area contributed by atoms with Crippen molar-refractivity contribution in [2.75, 3.05) is 13.7 Å². The van der Waals surface area contributed by atoms with Crippen LogP contribution >= 0.6 is 0 Å². The van der Waals surface area contributed by atoms with Gasteiger partial charge in [0, 0.05) is 26.1 Å². The van der Waals surface area contributed by atoms with E-state index in [-0.39, 0.29) is 11.8 Å². The smallest absolute Gasteiger partial charge is 0.224 e. The first-order chi connectivity index (χ1) is 8.71. The lowest BCUT2D eigenvalue weighted by Crippen LogP contribution is -2.34. The molecule has 0 bridgehead atoms. The largest absolute Gasteiger partial charge is 0.380 e. The van der Waals surface area contributed by atoms with Crippen LogP contribution in [0.5, 0.6) is 0 Å². The number of carbonyl (C=O) groups is 1. The number of carbonyl (C=O) groups excluding carboxylic acids is 1. The van der Waals surface area contributed by atoms with Crippen molar-refractivity contribution in [1.29, 1.82) is 0 Å². The zero-order valence-electron chi connectivity index (χ0n) is 11.1. The molecule has 0 spiro atoms. The number of methoxy groups -OCH3 is 1. The second-order valence-electron chi connectivity index (χ2n) is 4.31. The van der Waals surface area contributed by atoms with Gasteiger partial charge in [0.05, 0.1) is 6.61 Å². The molecule has 0 radical (unpaired) electrons. The summed E-state index contributed by atoms with van der Waals surface area (Å²) in [7, 11) is 1.67. The first kappa shape index (κ1) is 14.7. The van der Waals surface area contributed by atoms with Crippen molar-refractivity contribution in [3.63, 3.8) is 0 Å². The molecular weight excluding hydrogens is 228 g/mol. The van der Waals surface area contributed by atoms with E-state index in [1.807, 2.05) is 31.2 Å². The number of amides is 1. The molecule has 1 unspecified atom stereocenters. The van der Waals surface area contributed by atoms with Crippen LogP contribution in [0.4, 0.5) is 0 Å². The summed E-state index contributed by atoms with van der Waals surface area (Å²) in [6.45, 7) is 3.48. The van der Waals surface area contributed by atoms with Crippen LogP contribution in [-0.4, -0.2) is 19.6 Å². The number of hydrogen-bond donors (Lipinski definition) is 2. The molecular formula is C14H22N2O2. The van der Waals surface area contributed by atoms with Crippen LogP contribution in [0.15, 0.2) is 24.3 Å². The molecule has 18 heavy (non-hydrogen) atoms. The zero-order valence-corrected chi connectivity index (χ0v) is 11.1. The van der Waals surface area contributed by atoms with Crippen LogP contribution in [-0.2, 0) is 22.7 Å². The topological polar surface area (TPSA) is 64.4 Å². The summed E-state index contributed by atoms with van der Waals surface area (Å²) in [6, 6.07) is 8.00. The molecule has 4 heteroatoms. The molecule has 0 heterocycles. The minimum atomic E-state index is -0.0906. The number of benzene rings is 1. The minimum Gasteiger partial charge on any atom is -0.380 e. The fraction of sp³-hybridized carbons (Fsp3) is 0.500. The van der Waals surface area contributed by atoms with E-state index in [4.69, 9.17) is 10.5 Å². The van der Waals surface area contributed by atoms with Gasteiger partial charge in [0.1, 0.15) is 0 Å². The second kappa shape index (κ2) is 7.84. The van der Waals surface area contributed by atoms with Gasteiger partial charge in [-0.2, -0.15) is 0 Å². The van der Waals surface area contributed by atoms with E-state index < -0.39 is 0 Å². The van der Waals surface area contributed by atoms with Gasteiger partial charge in [-0.1, -0.05) is 31.2 Å². The Morgan fingerprint density at radius 1 is 1.44 bits per heavy atom. The molecule has 1 amide bonds. The van der Waals surface area contributed by atoms with Crippen molar-refractivity contribution in [3.8, 4) is 0 Å². The van der Waals surface area contributed by atoms with Crippen LogP contribution in [0, 0.1) is 5.92 Å². The monoisotopic (exact) mass is 250 g/mol. The molecule has 1 atom stereocenters. The van der Waals surface area contributed by atoms with E-state index in [1.165, 1.54) is 0 Å². The SMILES string of the molecule is CCC(CN)C(=O)NCc1cccc(COC)c1. The van der Waals surface area contributed by atoms with Gasteiger partial charge in [-0.25, -0.2) is 0 Å². The second-order valence-corrected chi connectivity index (χ2v) is 4.31. The highest BCUT2D eigenvalue weighted by Gasteiger charge is 2.13. The summed E-state index contributed by atoms with van der Waals surface area (Å²) in [6.07, 6.45) is 0.770. The number of ether oxygens (including phenoxy) is 1. The Hall–Kier alpha value is -1.39. The molecule has 0 fully saturated rings. The fourth-order valence-corrected chi connectivity index (χ4v) is 1.79. The van der Waals surface area contributed by atoms with Crippen LogP contribution in [0.25, 0.3) is 0 Å². The Kier molecular flexibility index (Phi) is 6.39. The van der Waals surface area contributed by atoms with E-state index in [2.05, 4.69) is 5.32 Å². The van der Waals surface area contributed by atoms with E-state index in [9.17, 15) is 4.79 Å². The third kappa shape index (κ3) is 4.47. The van der Waals surface area contributed by atoms with Gasteiger partial charge in [-0.3, -0.25) is 4.79 Å². The maximum absolute atomic E-state index is 11.8. The third-order valence-electron chi connectivity index (χ3n) is 2.92. The maximum atomic E-state index is 11.8. The Morgan fingerprint density at radius 3 is 2.78 bits per heavy atom. The lowest BCUT2D eigenvalue weighted by Gasteiger charge is -2.13. The molecule has 3 N–H and O–H groups in total. The van der Waals surface area contributed by atoms with Crippen LogP contribution in [0.1, 0.15) is 24.5 Å². The first-order valence-electron chi connectivity index (χ1n) is 6.25. The van der Waals surface area contributed by atoms with E-state index >= 15 is 0 Å². The third-order valence-corrected chi connectivity index (χ3v) is 2.92. The molecule has 4 nitrogen and oxygen atoms in total. The van der Waals surface area contributed by atoms with Crippen molar-refractivity contribution in [2.24, 2.45) is 11.7 Å². The van der Waals surface area contributed by atoms with Crippen molar-refractivity contribution < 1.29 is 9.53 Å². The Morgan fingerprint density at radius 2 is 2.17 bits per heavy atom. The minimum absolute atomic E-state index is 0.0251. The predicted molar refractivity (Wildman–Crippen MR) is 71.8 cm³/mol. The molecule has 0 saturated heterocycles. The summed E-state index contributed by atoms with van der Waals surface area (Å²) < 4.78 is 5.08. The van der Waals surface area contributed by atoms with Gasteiger partial charge >= 0.3 is 0 Å². The van der Waals surface area contributed by atoms with Gasteiger partial charge < -0.3 is 15.8 Å². The summed E-state index contributed by atoms with van der Waals surface area (Å²) in [5.74, 6) is -0.0655. The molecule has 1 rings (SSSR count). The van der Waals surface area contributed by atoms with Crippen LogP contribution < -0.4 is 11.1 Å². The van der Waals surface area contributed by atoms with Gasteiger partial charge in [0.25, 0.3) is 0 Å². The molecule has 0 saturated carbocycles. The molecule has 1 aromatic carbocycles. The highest BCUT2D eigenvalue weighted by molar-refractivity contribution is 5.78. The zero-order chi connectivity index (χ0) is 13.4. The normalized spacial score (nSPS) is 12.2. The number of hydrogen-bond acceptors (Lipinski definition) is 3. The van der Waals surface area contributed by atoms with Crippen molar-refractivity contribution in [1.82, 2.24) is 5.32 Å². The molecule has 0 aliphatic carbocycles. The average Bonchev–Trinajstić information content (AvgIpc) is 2.39. The lowest BCUT2D eigenvalue weighted by atomic mass is 10.1. The van der Waals surface area contributed by atoms with Crippen LogP contribution in [0.2, 0.25) is 0 Å². The van der Waals surface area contributed by atoms with Gasteiger partial charge in [0.2, 0.25) is 5.91 Å². The first-order valence-corrected chi connectivity index (χ1v) is 6.25. The number of nitrogens with one attached hydrogen (secondary N) is 1. The highest BCUT2D eigenvalue weighted by atomic mass is 16.5. The summed E-state index contributed by atoms with van der Waals surface area (Å²) >= 11 is 0. The predicted octanol–water partition coefficient (Wildman–Crippen LogP) is 1.43. The van der Waals surface area contributed by atoms with Gasteiger partial charge in [-0.15, -0.1) is 0 Å². The van der Waals surface area contributed by atoms with Crippen molar-refractivity contribution in [2.45, 2.75) is 26.5 Å². The van der Waals surface area contributed by atoms with E-state index in [0.29, 0.717) is 19.7 Å². The quantitative estimate of drug-likeness (QED) is 0.769. The summed E-state index contributed by atoms with van der Waals surface area (Å²) in [4.78, 5) is 11.8. The lowest BCUT2D eigenvalue weighted by molar-refractivity contribution is -0.124. The fourth-order valence-electron chi connectivity index (χ4n) is 1.79. The highest BCUT2D eigenvalue weighted by Crippen LogP contribution is 2.07. The van der Waals surface area contributed by atoms with E-state index in [0.717, 1.165) is 17.5 Å². The molecule has 100 valence electrons. The maximum Gasteiger partial charge on any atom is 0.224 e. The van der Waals surface area contributed by atoms with Crippen LogP contribution in [0.3, 0.4) is 0 Å². The van der Waals surface area contributed by atoms with Crippen molar-refractivity contribution in [3.05, 3.63) is 35.4 Å². The molecule has 1 aromatic rings. The average molecular weight is 250 g/mol. The Balaban J connectivity index is 2.52. The summed E-state index contributed by atoms with van der Waals surface area (Å²) in [5.41, 5.74) is 7.72. The molecule has 0 aliphatic heterocycles. The number of nitrogens with two attached hydrogens (primary N) is 1.